The summed E-state index contributed by atoms with van der Waals surface area (Å²) in [6.07, 6.45) is 6.80. The van der Waals surface area contributed by atoms with Crippen LogP contribution in [0.4, 0.5) is 5.69 Å². The predicted molar refractivity (Wildman–Crippen MR) is 83.3 cm³/mol. The molecule has 1 atom stereocenters. The summed E-state index contributed by atoms with van der Waals surface area (Å²) in [5.41, 5.74) is 2.58. The Balaban J connectivity index is 1.86. The highest BCUT2D eigenvalue weighted by atomic mass is 79.9. The Kier molecular flexibility index (Phi) is 3.91. The molecule has 0 bridgehead atoms. The second kappa shape index (κ2) is 5.65. The van der Waals surface area contributed by atoms with Crippen molar-refractivity contribution in [2.75, 3.05) is 25.5 Å². The zero-order valence-electron chi connectivity index (χ0n) is 11.2. The fourth-order valence-electron chi connectivity index (χ4n) is 3.04. The summed E-state index contributed by atoms with van der Waals surface area (Å²) in [4.78, 5) is 2.52. The summed E-state index contributed by atoms with van der Waals surface area (Å²) in [6.45, 7) is 2.27. The van der Waals surface area contributed by atoms with Crippen LogP contribution >= 0.6 is 15.9 Å². The maximum Gasteiger partial charge on any atom is 0.0569 e. The van der Waals surface area contributed by atoms with E-state index in [4.69, 9.17) is 0 Å². The molecule has 0 spiro atoms. The highest BCUT2D eigenvalue weighted by Crippen LogP contribution is 2.35. The van der Waals surface area contributed by atoms with Crippen LogP contribution in [0.3, 0.4) is 0 Å². The molecule has 2 aliphatic heterocycles. The number of fused-ring (bicyclic) bond motifs is 1. The molecule has 2 N–H and O–H groups in total. The third-order valence-electron chi connectivity index (χ3n) is 4.17. The van der Waals surface area contributed by atoms with Crippen LogP contribution in [0.25, 0.3) is 0 Å². The Bertz CT molecular complexity index is 480. The van der Waals surface area contributed by atoms with Crippen LogP contribution in [0.5, 0.6) is 0 Å². The van der Waals surface area contributed by atoms with Gasteiger partial charge in [0.05, 0.1) is 6.04 Å². The molecule has 102 valence electrons. The molecule has 1 saturated heterocycles. The summed E-state index contributed by atoms with van der Waals surface area (Å²) in [7, 11) is 2.25. The van der Waals surface area contributed by atoms with Crippen LogP contribution in [0.2, 0.25) is 0 Å². The molecule has 0 radical (unpaired) electrons. The van der Waals surface area contributed by atoms with E-state index in [1.54, 1.807) is 0 Å². The molecule has 3 nitrogen and oxygen atoms in total. The Hall–Kier alpha value is -0.840. The van der Waals surface area contributed by atoms with E-state index in [0.29, 0.717) is 12.1 Å². The zero-order valence-corrected chi connectivity index (χ0v) is 12.8. The molecule has 19 heavy (non-hydrogen) atoms. The molecule has 1 unspecified atom stereocenters. The van der Waals surface area contributed by atoms with Crippen molar-refractivity contribution in [2.24, 2.45) is 0 Å². The van der Waals surface area contributed by atoms with Crippen molar-refractivity contribution in [1.82, 2.24) is 10.2 Å². The SMILES string of the molecule is CN(C1CCNCC1)C1C=CNc2ccc(Br)cc21. The van der Waals surface area contributed by atoms with Gasteiger partial charge in [0.2, 0.25) is 0 Å². The average molecular weight is 322 g/mol. The van der Waals surface area contributed by atoms with Crippen LogP contribution < -0.4 is 10.6 Å². The van der Waals surface area contributed by atoms with Crippen LogP contribution in [0.1, 0.15) is 24.4 Å². The third kappa shape index (κ3) is 2.71. The van der Waals surface area contributed by atoms with E-state index in [1.807, 2.05) is 0 Å². The first kappa shape index (κ1) is 13.2. The van der Waals surface area contributed by atoms with Gasteiger partial charge >= 0.3 is 0 Å². The molecule has 0 aliphatic carbocycles. The number of halogens is 1. The topological polar surface area (TPSA) is 27.3 Å². The van der Waals surface area contributed by atoms with Crippen molar-refractivity contribution in [3.63, 3.8) is 0 Å². The summed E-state index contributed by atoms with van der Waals surface area (Å²) < 4.78 is 1.15. The fourth-order valence-corrected chi connectivity index (χ4v) is 3.42. The second-order valence-electron chi connectivity index (χ2n) is 5.33. The molecule has 2 heterocycles. The first-order valence-corrected chi connectivity index (χ1v) is 7.70. The van der Waals surface area contributed by atoms with E-state index >= 15 is 0 Å². The Labute approximate surface area is 123 Å². The molecular formula is C15H20BrN3. The minimum absolute atomic E-state index is 0.372. The lowest BCUT2D eigenvalue weighted by molar-refractivity contribution is 0.167. The number of nitrogens with one attached hydrogen (secondary N) is 2. The molecule has 0 amide bonds. The van der Waals surface area contributed by atoms with Crippen LogP contribution in [0.15, 0.2) is 34.9 Å². The Morgan fingerprint density at radius 2 is 2.05 bits per heavy atom. The Morgan fingerprint density at radius 1 is 1.26 bits per heavy atom. The number of nitrogens with zero attached hydrogens (tertiary/aromatic N) is 1. The van der Waals surface area contributed by atoms with Crippen LogP contribution in [-0.2, 0) is 0 Å². The monoisotopic (exact) mass is 321 g/mol. The van der Waals surface area contributed by atoms with Gasteiger partial charge in [0.1, 0.15) is 0 Å². The quantitative estimate of drug-likeness (QED) is 0.876. The second-order valence-corrected chi connectivity index (χ2v) is 6.24. The molecule has 4 heteroatoms. The third-order valence-corrected chi connectivity index (χ3v) is 4.67. The molecule has 3 rings (SSSR count). The molecule has 1 fully saturated rings. The number of benzene rings is 1. The van der Waals surface area contributed by atoms with Crippen molar-refractivity contribution in [1.29, 1.82) is 0 Å². The van der Waals surface area contributed by atoms with Gasteiger partial charge in [-0.25, -0.2) is 0 Å². The molecule has 0 saturated carbocycles. The number of hydrogen-bond donors (Lipinski definition) is 2. The van der Waals surface area contributed by atoms with Gasteiger partial charge in [-0.15, -0.1) is 0 Å². The van der Waals surface area contributed by atoms with Crippen LogP contribution in [0, 0.1) is 0 Å². The normalized spacial score (nSPS) is 23.2. The maximum absolute atomic E-state index is 3.58. The highest BCUT2D eigenvalue weighted by Gasteiger charge is 2.26. The van der Waals surface area contributed by atoms with Crippen molar-refractivity contribution >= 4 is 21.6 Å². The predicted octanol–water partition coefficient (Wildman–Crippen LogP) is 3.11. The van der Waals surface area contributed by atoms with Gasteiger partial charge in [0.25, 0.3) is 0 Å². The van der Waals surface area contributed by atoms with Crippen molar-refractivity contribution in [3.05, 3.63) is 40.5 Å². The van der Waals surface area contributed by atoms with Gasteiger partial charge in [0, 0.05) is 16.2 Å². The smallest absolute Gasteiger partial charge is 0.0569 e. The molecule has 1 aromatic carbocycles. The summed E-state index contributed by atoms with van der Waals surface area (Å²) in [5.74, 6) is 0. The minimum atomic E-state index is 0.372. The number of anilines is 1. The lowest BCUT2D eigenvalue weighted by atomic mass is 9.96. The largest absolute Gasteiger partial charge is 0.362 e. The molecule has 2 aliphatic rings. The number of hydrogen-bond acceptors (Lipinski definition) is 3. The Morgan fingerprint density at radius 3 is 2.84 bits per heavy atom. The maximum atomic E-state index is 3.58. The summed E-state index contributed by atoms with van der Waals surface area (Å²) in [6, 6.07) is 7.50. The standard InChI is InChI=1S/C15H20BrN3/c1-19(12-4-7-17-8-5-12)15-6-9-18-14-3-2-11(16)10-13(14)15/h2-3,6,9-10,12,15,17-18H,4-5,7-8H2,1H3. The van der Waals surface area contributed by atoms with Crippen molar-refractivity contribution in [2.45, 2.75) is 24.9 Å². The van der Waals surface area contributed by atoms with Crippen molar-refractivity contribution < 1.29 is 0 Å². The first-order chi connectivity index (χ1) is 9.25. The van der Waals surface area contributed by atoms with Gasteiger partial charge in [0.15, 0.2) is 0 Å². The van der Waals surface area contributed by atoms with Gasteiger partial charge in [-0.2, -0.15) is 0 Å². The van der Waals surface area contributed by atoms with E-state index in [1.165, 1.54) is 24.1 Å². The van der Waals surface area contributed by atoms with E-state index < -0.39 is 0 Å². The van der Waals surface area contributed by atoms with Gasteiger partial charge in [-0.3, -0.25) is 4.90 Å². The van der Waals surface area contributed by atoms with E-state index in [2.05, 4.69) is 69.0 Å². The number of piperidine rings is 1. The lowest BCUT2D eigenvalue weighted by Crippen LogP contribution is -2.42. The highest BCUT2D eigenvalue weighted by molar-refractivity contribution is 9.10. The molecule has 0 aromatic heterocycles. The first-order valence-electron chi connectivity index (χ1n) is 6.91. The zero-order chi connectivity index (χ0) is 13.2. The average Bonchev–Trinajstić information content (AvgIpc) is 2.47. The molecular weight excluding hydrogens is 302 g/mol. The molecule has 1 aromatic rings. The van der Waals surface area contributed by atoms with Crippen molar-refractivity contribution in [3.8, 4) is 0 Å². The summed E-state index contributed by atoms with van der Waals surface area (Å²) in [5, 5.41) is 6.77. The van der Waals surface area contributed by atoms with Gasteiger partial charge in [-0.1, -0.05) is 15.9 Å². The van der Waals surface area contributed by atoms with Crippen LogP contribution in [-0.4, -0.2) is 31.1 Å². The van der Waals surface area contributed by atoms with E-state index in [9.17, 15) is 0 Å². The van der Waals surface area contributed by atoms with E-state index in [0.717, 1.165) is 17.6 Å². The lowest BCUT2D eigenvalue weighted by Gasteiger charge is -2.38. The summed E-state index contributed by atoms with van der Waals surface area (Å²) >= 11 is 3.58. The van der Waals surface area contributed by atoms with Gasteiger partial charge in [-0.05, 0) is 69.0 Å². The van der Waals surface area contributed by atoms with Gasteiger partial charge < -0.3 is 10.6 Å². The minimum Gasteiger partial charge on any atom is -0.362 e. The number of rotatable bonds is 2. The van der Waals surface area contributed by atoms with E-state index in [-0.39, 0.29) is 0 Å². The number of likely N-dealkylation sites (N-methyl/N-ethyl adjacent to an activating group) is 1. The fraction of sp³-hybridized carbons (Fsp3) is 0.467.